The lowest BCUT2D eigenvalue weighted by molar-refractivity contribution is 0.0672. The number of nitrogens with one attached hydrogen (secondary N) is 2. The van der Waals surface area contributed by atoms with Crippen molar-refractivity contribution in [2.24, 2.45) is 0 Å². The molecular weight excluding hydrogens is 890 g/mol. The maximum atomic E-state index is 9.75. The fourth-order valence-electron chi connectivity index (χ4n) is 8.89. The lowest BCUT2D eigenvalue weighted by Gasteiger charge is -2.41. The maximum Gasteiger partial charge on any atom is 0.223 e. The van der Waals surface area contributed by atoms with E-state index in [0.29, 0.717) is 12.5 Å². The summed E-state index contributed by atoms with van der Waals surface area (Å²) in [6.07, 6.45) is 17.6. The molecule has 0 unspecified atom stereocenters. The zero-order valence-electron chi connectivity index (χ0n) is 40.5. The number of aryl methyl sites for hydroxylation is 2. The molecule has 68 heavy (non-hydrogen) atoms. The third kappa shape index (κ3) is 11.8. The van der Waals surface area contributed by atoms with Crippen molar-refractivity contribution < 1.29 is 19.0 Å². The van der Waals surface area contributed by atoms with Crippen LogP contribution in [0.25, 0.3) is 43.9 Å². The van der Waals surface area contributed by atoms with Crippen LogP contribution in [0.1, 0.15) is 109 Å². The highest BCUT2D eigenvalue weighted by atomic mass is 35.5. The molecule has 10 rings (SSSR count). The number of imidazole rings is 2. The SMILES string of the molecule is CC(C)(C)[Si](C)(C)OC1CCC(Oc2cccc3cnc(Cl)nc23)CC1.CCc1cc(Cc2ncc3cccc(OC4CCC(O)CC4)c3n2)cc2[nH]cnc12.CCc1cc(N)cc2[nH]cnc12. The van der Waals surface area contributed by atoms with Gasteiger partial charge in [-0.25, -0.2) is 29.9 Å². The molecule has 0 spiro atoms. The van der Waals surface area contributed by atoms with Gasteiger partial charge in [-0.3, -0.25) is 0 Å². The number of aromatic nitrogens is 8. The van der Waals surface area contributed by atoms with Crippen LogP contribution in [0, 0.1) is 0 Å². The molecule has 2 aliphatic rings. The Morgan fingerprint density at radius 1 is 0.676 bits per heavy atom. The zero-order chi connectivity index (χ0) is 48.0. The lowest BCUT2D eigenvalue weighted by Crippen LogP contribution is -2.45. The second-order valence-electron chi connectivity index (χ2n) is 19.7. The highest BCUT2D eigenvalue weighted by Crippen LogP contribution is 2.40. The standard InChI is InChI=1S/C24H26N4O2.C20H29ClN2O2Si.C9H11N3/c1-2-16-10-15(11-20-23(16)27-14-26-20)12-22-25-13-17-4-3-5-21(24(17)28-22)30-19-8-6-18(29)7-9-19;1-20(2,3)26(4,5)25-16-11-9-15(10-12-16)24-17-8-6-7-14-13-22-19(21)23-18(14)17;1-2-6-3-7(10)4-8-9(6)12-5-11-8/h3-5,10-11,13-14,18-19,29H,2,6-9,12H2,1H3,(H,26,27);6-8,13,15-16H,9-12H2,1-5H3;3-5H,2,10H2,1H3,(H,11,12). The van der Waals surface area contributed by atoms with Gasteiger partial charge in [0.05, 0.1) is 53.0 Å². The molecular formula is C53H66ClN9O4Si. The van der Waals surface area contributed by atoms with Gasteiger partial charge in [-0.1, -0.05) is 65.0 Å². The first kappa shape index (κ1) is 48.8. The van der Waals surface area contributed by atoms with Crippen molar-refractivity contribution in [3.05, 3.63) is 114 Å². The molecule has 358 valence electrons. The number of ether oxygens (including phenoxy) is 2. The van der Waals surface area contributed by atoms with Crippen molar-refractivity contribution in [1.29, 1.82) is 0 Å². The van der Waals surface area contributed by atoms with Crippen LogP contribution in [-0.4, -0.2) is 77.7 Å². The van der Waals surface area contributed by atoms with Gasteiger partial charge in [-0.2, -0.15) is 0 Å². The molecule has 2 fully saturated rings. The third-order valence-electron chi connectivity index (χ3n) is 13.7. The average molecular weight is 957 g/mol. The van der Waals surface area contributed by atoms with E-state index in [1.807, 2.05) is 54.7 Å². The average Bonchev–Trinajstić information content (AvgIpc) is 4.01. The van der Waals surface area contributed by atoms with Crippen molar-refractivity contribution in [3.8, 4) is 11.5 Å². The van der Waals surface area contributed by atoms with Gasteiger partial charge in [0.15, 0.2) is 8.32 Å². The topological polar surface area (TPSA) is 183 Å². The Labute approximate surface area is 405 Å². The number of hydrogen-bond acceptors (Lipinski definition) is 11. The van der Waals surface area contributed by atoms with Crippen LogP contribution < -0.4 is 15.2 Å². The van der Waals surface area contributed by atoms with Crippen LogP contribution in [0.4, 0.5) is 5.69 Å². The van der Waals surface area contributed by atoms with Gasteiger partial charge in [0.25, 0.3) is 0 Å². The normalized spacial score (nSPS) is 18.8. The van der Waals surface area contributed by atoms with Gasteiger partial charge in [0.1, 0.15) is 28.4 Å². The van der Waals surface area contributed by atoms with E-state index in [4.69, 9.17) is 36.2 Å². The minimum Gasteiger partial charge on any atom is -0.488 e. The van der Waals surface area contributed by atoms with Gasteiger partial charge >= 0.3 is 0 Å². The first-order valence-corrected chi connectivity index (χ1v) is 27.5. The number of aliphatic hydroxyl groups excluding tert-OH is 1. The number of fused-ring (bicyclic) bond motifs is 4. The van der Waals surface area contributed by atoms with Crippen LogP contribution in [0.15, 0.2) is 85.7 Å². The Hall–Kier alpha value is -5.67. The Balaban J connectivity index is 0.000000149. The summed E-state index contributed by atoms with van der Waals surface area (Å²) in [5, 5.41) is 12.2. The van der Waals surface area contributed by atoms with Crippen LogP contribution >= 0.6 is 11.6 Å². The number of para-hydroxylation sites is 2. The Morgan fingerprint density at radius 3 is 1.79 bits per heavy atom. The fraction of sp³-hybridized carbons (Fsp3) is 0.434. The molecule has 13 nitrogen and oxygen atoms in total. The van der Waals surface area contributed by atoms with E-state index in [9.17, 15) is 5.11 Å². The van der Waals surface area contributed by atoms with Gasteiger partial charge < -0.3 is 34.7 Å². The monoisotopic (exact) mass is 955 g/mol. The number of benzene rings is 4. The van der Waals surface area contributed by atoms with Gasteiger partial charge in [-0.05, 0) is 141 Å². The number of hydrogen-bond donors (Lipinski definition) is 4. The molecule has 0 aliphatic heterocycles. The van der Waals surface area contributed by atoms with Crippen molar-refractivity contribution in [1.82, 2.24) is 39.9 Å². The summed E-state index contributed by atoms with van der Waals surface area (Å²) in [7, 11) is -1.70. The smallest absolute Gasteiger partial charge is 0.223 e. The van der Waals surface area contributed by atoms with E-state index < -0.39 is 8.32 Å². The van der Waals surface area contributed by atoms with Crippen molar-refractivity contribution in [3.63, 3.8) is 0 Å². The molecule has 2 aliphatic carbocycles. The molecule has 0 amide bonds. The van der Waals surface area contributed by atoms with Crippen molar-refractivity contribution in [2.45, 2.75) is 148 Å². The Morgan fingerprint density at radius 2 is 1.21 bits per heavy atom. The molecule has 2 saturated carbocycles. The van der Waals surface area contributed by atoms with E-state index in [0.717, 1.165) is 131 Å². The number of rotatable bonds is 10. The van der Waals surface area contributed by atoms with Crippen LogP contribution in [0.2, 0.25) is 23.4 Å². The van der Waals surface area contributed by atoms with E-state index in [-0.39, 0.29) is 28.6 Å². The number of nitrogens with zero attached hydrogens (tertiary/aromatic N) is 6. The van der Waals surface area contributed by atoms with Gasteiger partial charge in [0.2, 0.25) is 5.28 Å². The summed E-state index contributed by atoms with van der Waals surface area (Å²) in [4.78, 5) is 32.8. The fourth-order valence-corrected chi connectivity index (χ4v) is 10.4. The summed E-state index contributed by atoms with van der Waals surface area (Å²) in [6.45, 7) is 15.8. The maximum absolute atomic E-state index is 9.75. The van der Waals surface area contributed by atoms with E-state index in [1.165, 1.54) is 16.7 Å². The summed E-state index contributed by atoms with van der Waals surface area (Å²) in [5.74, 6) is 2.37. The first-order valence-electron chi connectivity index (χ1n) is 24.2. The molecule has 5 N–H and O–H groups in total. The molecule has 0 radical (unpaired) electrons. The molecule has 4 heterocycles. The summed E-state index contributed by atoms with van der Waals surface area (Å²) in [6, 6.07) is 20.1. The number of halogens is 1. The Bertz CT molecular complexity index is 2950. The van der Waals surface area contributed by atoms with Crippen molar-refractivity contribution >= 4 is 69.5 Å². The molecule has 0 bridgehead atoms. The lowest BCUT2D eigenvalue weighted by atomic mass is 9.95. The van der Waals surface area contributed by atoms with Gasteiger partial charge in [0, 0.05) is 41.4 Å². The predicted molar refractivity (Wildman–Crippen MR) is 276 cm³/mol. The summed E-state index contributed by atoms with van der Waals surface area (Å²) in [5.41, 5.74) is 15.9. The molecule has 15 heteroatoms. The first-order chi connectivity index (χ1) is 32.7. The number of H-pyrrole nitrogens is 2. The second kappa shape index (κ2) is 21.3. The zero-order valence-corrected chi connectivity index (χ0v) is 42.2. The van der Waals surface area contributed by atoms with E-state index in [2.05, 4.69) is 94.7 Å². The number of nitrogens with two attached hydrogens (primary N) is 1. The van der Waals surface area contributed by atoms with Gasteiger partial charge in [-0.15, -0.1) is 0 Å². The largest absolute Gasteiger partial charge is 0.488 e. The van der Waals surface area contributed by atoms with E-state index in [1.54, 1.807) is 18.9 Å². The molecule has 8 aromatic rings. The van der Waals surface area contributed by atoms with E-state index >= 15 is 0 Å². The molecule has 4 aromatic heterocycles. The summed E-state index contributed by atoms with van der Waals surface area (Å²) >= 11 is 5.96. The van der Waals surface area contributed by atoms with Crippen LogP contribution in [0.3, 0.4) is 0 Å². The summed E-state index contributed by atoms with van der Waals surface area (Å²) < 4.78 is 19.1. The minimum atomic E-state index is -1.70. The molecule has 4 aromatic carbocycles. The second-order valence-corrected chi connectivity index (χ2v) is 24.8. The molecule has 0 saturated heterocycles. The number of aliphatic hydroxyl groups is 1. The van der Waals surface area contributed by atoms with Crippen molar-refractivity contribution in [2.75, 3.05) is 5.73 Å². The highest BCUT2D eigenvalue weighted by Gasteiger charge is 2.40. The predicted octanol–water partition coefficient (Wildman–Crippen LogP) is 12.0. The number of aromatic amines is 2. The third-order valence-corrected chi connectivity index (χ3v) is 18.4. The highest BCUT2D eigenvalue weighted by molar-refractivity contribution is 6.74. The number of nitrogen functional groups attached to an aromatic ring is 1. The molecule has 0 atom stereocenters. The minimum absolute atomic E-state index is 0.132. The number of anilines is 1. The quantitative estimate of drug-likeness (QED) is 0.0581. The Kier molecular flexibility index (Phi) is 15.3. The van der Waals surface area contributed by atoms with Crippen LogP contribution in [0.5, 0.6) is 11.5 Å². The van der Waals surface area contributed by atoms with Crippen LogP contribution in [-0.2, 0) is 23.7 Å².